The minimum Gasteiger partial charge on any atom is -0.308 e. The van der Waals surface area contributed by atoms with Crippen molar-refractivity contribution in [1.29, 1.82) is 0 Å². The third-order valence-electron chi connectivity index (χ3n) is 9.80. The minimum atomic E-state index is 1.14. The van der Waals surface area contributed by atoms with Gasteiger partial charge in [0, 0.05) is 26.7 Å². The molecule has 0 unspecified atom stereocenters. The zero-order valence-electron chi connectivity index (χ0n) is 26.1. The molecule has 0 radical (unpaired) electrons. The monoisotopic (exact) mass is 627 g/mol. The van der Waals surface area contributed by atoms with Gasteiger partial charge in [-0.05, 0) is 79.0 Å². The number of thiophene rings is 1. The third kappa shape index (κ3) is 4.17. The fourth-order valence-electron chi connectivity index (χ4n) is 7.63. The second-order valence-corrected chi connectivity index (χ2v) is 13.5. The van der Waals surface area contributed by atoms with Crippen LogP contribution in [-0.2, 0) is 0 Å². The van der Waals surface area contributed by atoms with Gasteiger partial charge in [0.25, 0.3) is 0 Å². The molecular formula is C46H29NS. The number of rotatable bonds is 4. The van der Waals surface area contributed by atoms with Crippen LogP contribution in [0.4, 0.5) is 17.1 Å². The van der Waals surface area contributed by atoms with E-state index in [1.54, 1.807) is 0 Å². The second kappa shape index (κ2) is 10.8. The maximum Gasteiger partial charge on any atom is 0.0640 e. The van der Waals surface area contributed by atoms with E-state index in [-0.39, 0.29) is 0 Å². The van der Waals surface area contributed by atoms with Crippen molar-refractivity contribution in [3.8, 4) is 11.1 Å². The molecule has 9 aromatic carbocycles. The van der Waals surface area contributed by atoms with Crippen LogP contribution in [-0.4, -0.2) is 0 Å². The molecule has 10 aromatic rings. The fraction of sp³-hybridized carbons (Fsp3) is 0. The summed E-state index contributed by atoms with van der Waals surface area (Å²) in [7, 11) is 0. The zero-order valence-corrected chi connectivity index (χ0v) is 26.9. The molecule has 0 fully saturated rings. The number of para-hydroxylation sites is 1. The van der Waals surface area contributed by atoms with E-state index in [1.807, 2.05) is 11.3 Å². The molecule has 0 aliphatic heterocycles. The van der Waals surface area contributed by atoms with Crippen molar-refractivity contribution >= 4 is 91.7 Å². The Balaban J connectivity index is 1.28. The van der Waals surface area contributed by atoms with Gasteiger partial charge in [0.15, 0.2) is 0 Å². The van der Waals surface area contributed by atoms with E-state index in [0.717, 1.165) is 11.4 Å². The van der Waals surface area contributed by atoms with Gasteiger partial charge in [0.1, 0.15) is 0 Å². The summed E-state index contributed by atoms with van der Waals surface area (Å²) in [6.45, 7) is 0. The van der Waals surface area contributed by atoms with Gasteiger partial charge < -0.3 is 4.90 Å². The lowest BCUT2D eigenvalue weighted by atomic mass is 9.95. The fourth-order valence-corrected chi connectivity index (χ4v) is 8.85. The third-order valence-corrected chi connectivity index (χ3v) is 11.0. The van der Waals surface area contributed by atoms with E-state index >= 15 is 0 Å². The predicted octanol–water partition coefficient (Wildman–Crippen LogP) is 13.8. The average Bonchev–Trinajstić information content (AvgIpc) is 3.55. The normalized spacial score (nSPS) is 11.8. The summed E-state index contributed by atoms with van der Waals surface area (Å²) in [4.78, 5) is 2.48. The van der Waals surface area contributed by atoms with Crippen molar-refractivity contribution in [1.82, 2.24) is 0 Å². The van der Waals surface area contributed by atoms with Gasteiger partial charge in [-0.3, -0.25) is 0 Å². The van der Waals surface area contributed by atoms with E-state index in [1.165, 1.54) is 80.1 Å². The smallest absolute Gasteiger partial charge is 0.0640 e. The maximum absolute atomic E-state index is 2.48. The SMILES string of the molecule is c1ccc(-c2ccccc2N(c2ccc3c(ccc4ccc5ccccc5c43)c2)c2cccc3c2sc2ccc4ccccc4c23)cc1. The van der Waals surface area contributed by atoms with Crippen molar-refractivity contribution < 1.29 is 0 Å². The molecule has 1 nitrogen and oxygen atoms in total. The number of hydrogen-bond donors (Lipinski definition) is 0. The lowest BCUT2D eigenvalue weighted by Gasteiger charge is -2.28. The van der Waals surface area contributed by atoms with Gasteiger partial charge in [-0.25, -0.2) is 0 Å². The predicted molar refractivity (Wildman–Crippen MR) is 209 cm³/mol. The van der Waals surface area contributed by atoms with E-state index < -0.39 is 0 Å². The summed E-state index contributed by atoms with van der Waals surface area (Å²) in [5, 5.41) is 12.9. The Labute approximate surface area is 282 Å². The molecule has 1 aromatic heterocycles. The summed E-state index contributed by atoms with van der Waals surface area (Å²) in [5.41, 5.74) is 5.88. The summed E-state index contributed by atoms with van der Waals surface area (Å²) >= 11 is 1.89. The van der Waals surface area contributed by atoms with Crippen LogP contribution in [0.25, 0.3) is 74.4 Å². The van der Waals surface area contributed by atoms with Gasteiger partial charge in [-0.15, -0.1) is 11.3 Å². The van der Waals surface area contributed by atoms with Gasteiger partial charge in [0.2, 0.25) is 0 Å². The Morgan fingerprint density at radius 3 is 1.81 bits per heavy atom. The maximum atomic E-state index is 2.48. The van der Waals surface area contributed by atoms with Crippen LogP contribution < -0.4 is 4.90 Å². The summed E-state index contributed by atoms with van der Waals surface area (Å²) < 4.78 is 2.60. The van der Waals surface area contributed by atoms with E-state index in [2.05, 4.69) is 181 Å². The number of anilines is 3. The largest absolute Gasteiger partial charge is 0.308 e. The zero-order chi connectivity index (χ0) is 31.6. The van der Waals surface area contributed by atoms with Crippen molar-refractivity contribution in [2.24, 2.45) is 0 Å². The van der Waals surface area contributed by atoms with Crippen LogP contribution >= 0.6 is 11.3 Å². The molecular weight excluding hydrogens is 599 g/mol. The molecule has 10 rings (SSSR count). The molecule has 0 saturated heterocycles. The highest BCUT2D eigenvalue weighted by Crippen LogP contribution is 2.49. The summed E-state index contributed by atoms with van der Waals surface area (Å²) in [6.07, 6.45) is 0. The Morgan fingerprint density at radius 1 is 0.375 bits per heavy atom. The Bertz CT molecular complexity index is 2850. The number of nitrogens with zero attached hydrogens (tertiary/aromatic N) is 1. The first-order valence-corrected chi connectivity index (χ1v) is 17.3. The van der Waals surface area contributed by atoms with E-state index in [4.69, 9.17) is 0 Å². The van der Waals surface area contributed by atoms with Gasteiger partial charge in [0.05, 0.1) is 16.1 Å². The van der Waals surface area contributed by atoms with Crippen LogP contribution in [0.2, 0.25) is 0 Å². The van der Waals surface area contributed by atoms with Crippen molar-refractivity contribution in [2.45, 2.75) is 0 Å². The molecule has 0 N–H and O–H groups in total. The Kier molecular flexibility index (Phi) is 6.12. The number of fused-ring (bicyclic) bond motifs is 10. The van der Waals surface area contributed by atoms with Gasteiger partial charge in [-0.1, -0.05) is 146 Å². The Morgan fingerprint density at radius 2 is 0.979 bits per heavy atom. The van der Waals surface area contributed by atoms with Crippen LogP contribution in [0.3, 0.4) is 0 Å². The molecule has 1 heterocycles. The summed E-state index contributed by atoms with van der Waals surface area (Å²) in [5.74, 6) is 0. The molecule has 0 saturated carbocycles. The molecule has 0 aliphatic rings. The first kappa shape index (κ1) is 27.2. The van der Waals surface area contributed by atoms with Crippen molar-refractivity contribution in [2.75, 3.05) is 4.90 Å². The average molecular weight is 628 g/mol. The molecule has 48 heavy (non-hydrogen) atoms. The molecule has 0 spiro atoms. The van der Waals surface area contributed by atoms with E-state index in [9.17, 15) is 0 Å². The summed E-state index contributed by atoms with van der Waals surface area (Å²) in [6, 6.07) is 64.5. The first-order valence-electron chi connectivity index (χ1n) is 16.4. The number of benzene rings is 9. The van der Waals surface area contributed by atoms with Crippen molar-refractivity contribution in [3.05, 3.63) is 176 Å². The van der Waals surface area contributed by atoms with Crippen LogP contribution in [0.5, 0.6) is 0 Å². The standard InChI is InChI=1S/C46H29NS/c1-2-11-30(12-3-1)36-15-8-9-19-41(36)47(42-20-10-18-40-45-38-17-7-5-14-32(38)25-28-43(45)48-46(40)42)35-26-27-39-34(29-35)24-23-33-22-21-31-13-4-6-16-37(31)44(33)39/h1-29H. The van der Waals surface area contributed by atoms with Gasteiger partial charge in [-0.2, -0.15) is 0 Å². The molecule has 0 aliphatic carbocycles. The van der Waals surface area contributed by atoms with Gasteiger partial charge >= 0.3 is 0 Å². The number of hydrogen-bond acceptors (Lipinski definition) is 2. The lowest BCUT2D eigenvalue weighted by molar-refractivity contribution is 1.31. The van der Waals surface area contributed by atoms with Crippen molar-refractivity contribution in [3.63, 3.8) is 0 Å². The van der Waals surface area contributed by atoms with Crippen LogP contribution in [0, 0.1) is 0 Å². The minimum absolute atomic E-state index is 1.14. The highest BCUT2D eigenvalue weighted by Gasteiger charge is 2.22. The topological polar surface area (TPSA) is 3.24 Å². The molecule has 2 heteroatoms. The molecule has 0 atom stereocenters. The lowest BCUT2D eigenvalue weighted by Crippen LogP contribution is -2.11. The van der Waals surface area contributed by atoms with Crippen LogP contribution in [0.15, 0.2) is 176 Å². The Hall–Kier alpha value is -5.96. The highest BCUT2D eigenvalue weighted by atomic mass is 32.1. The van der Waals surface area contributed by atoms with E-state index in [0.29, 0.717) is 0 Å². The quantitative estimate of drug-likeness (QED) is 0.176. The first-order chi connectivity index (χ1) is 23.8. The molecule has 0 amide bonds. The second-order valence-electron chi connectivity index (χ2n) is 12.5. The van der Waals surface area contributed by atoms with Crippen LogP contribution in [0.1, 0.15) is 0 Å². The highest BCUT2D eigenvalue weighted by molar-refractivity contribution is 7.26. The molecule has 0 bridgehead atoms. The molecule has 224 valence electrons.